The number of carbonyl (C=O) groups is 1. The average Bonchev–Trinajstić information content (AvgIpc) is 2.76. The lowest BCUT2D eigenvalue weighted by Gasteiger charge is -2.42. The van der Waals surface area contributed by atoms with Gasteiger partial charge in [0.1, 0.15) is 11.9 Å². The van der Waals surface area contributed by atoms with Gasteiger partial charge < -0.3 is 14.9 Å². The van der Waals surface area contributed by atoms with Crippen molar-refractivity contribution in [3.8, 4) is 0 Å². The third-order valence-corrected chi connectivity index (χ3v) is 6.23. The lowest BCUT2D eigenvalue weighted by atomic mass is 9.88. The van der Waals surface area contributed by atoms with E-state index in [1.807, 2.05) is 36.2 Å². The van der Waals surface area contributed by atoms with Crippen LogP contribution in [0.4, 0.5) is 9.18 Å². The molecule has 0 spiro atoms. The summed E-state index contributed by atoms with van der Waals surface area (Å²) in [7, 11) is 1.84. The van der Waals surface area contributed by atoms with Gasteiger partial charge in [0, 0.05) is 13.1 Å². The number of amides is 1. The van der Waals surface area contributed by atoms with E-state index in [4.69, 9.17) is 4.74 Å². The Labute approximate surface area is 175 Å². The molecule has 2 aromatic carbocycles. The van der Waals surface area contributed by atoms with Crippen molar-refractivity contribution in [2.24, 2.45) is 0 Å². The van der Waals surface area contributed by atoms with E-state index in [1.54, 1.807) is 17.0 Å². The molecule has 1 saturated heterocycles. The second kappa shape index (κ2) is 8.71. The first kappa shape index (κ1) is 20.8. The highest BCUT2D eigenvalue weighted by atomic mass is 19.1. The van der Waals surface area contributed by atoms with Gasteiger partial charge in [-0.25, -0.2) is 9.18 Å². The van der Waals surface area contributed by atoms with Gasteiger partial charge in [-0.3, -0.25) is 9.80 Å². The van der Waals surface area contributed by atoms with Gasteiger partial charge in [-0.2, -0.15) is 0 Å². The third-order valence-electron chi connectivity index (χ3n) is 6.23. The van der Waals surface area contributed by atoms with E-state index in [2.05, 4.69) is 0 Å². The summed E-state index contributed by atoms with van der Waals surface area (Å²) in [6, 6.07) is 13.2. The van der Waals surface area contributed by atoms with E-state index in [0.717, 1.165) is 16.7 Å². The monoisotopic (exact) mass is 414 g/mol. The molecule has 2 heterocycles. The number of carbonyl (C=O) groups excluding carboxylic acids is 1. The fourth-order valence-corrected chi connectivity index (χ4v) is 4.53. The van der Waals surface area contributed by atoms with Gasteiger partial charge in [0.25, 0.3) is 0 Å². The van der Waals surface area contributed by atoms with Crippen LogP contribution in [0.25, 0.3) is 0 Å². The number of aliphatic hydroxyl groups excluding tert-OH is 2. The largest absolute Gasteiger partial charge is 0.442 e. The van der Waals surface area contributed by atoms with Crippen LogP contribution in [0.3, 0.4) is 0 Å². The molecule has 2 aliphatic rings. The zero-order chi connectivity index (χ0) is 21.3. The highest BCUT2D eigenvalue weighted by Crippen LogP contribution is 2.36. The number of likely N-dealkylation sites (N-methyl/N-ethyl adjacent to an activating group) is 1. The molecule has 0 radical (unpaired) electrons. The van der Waals surface area contributed by atoms with E-state index >= 15 is 0 Å². The van der Waals surface area contributed by atoms with Gasteiger partial charge in [0.15, 0.2) is 0 Å². The van der Waals surface area contributed by atoms with E-state index in [9.17, 15) is 19.4 Å². The predicted molar refractivity (Wildman–Crippen MR) is 109 cm³/mol. The maximum atomic E-state index is 13.5. The summed E-state index contributed by atoms with van der Waals surface area (Å²) in [5, 5.41) is 20.2. The van der Waals surface area contributed by atoms with E-state index in [0.29, 0.717) is 25.9 Å². The first-order valence-electron chi connectivity index (χ1n) is 10.3. The van der Waals surface area contributed by atoms with Crippen molar-refractivity contribution in [3.63, 3.8) is 0 Å². The quantitative estimate of drug-likeness (QED) is 0.807. The summed E-state index contributed by atoms with van der Waals surface area (Å²) in [4.78, 5) is 16.8. The Balaban J connectivity index is 1.64. The molecule has 2 aliphatic heterocycles. The lowest BCUT2D eigenvalue weighted by Crippen LogP contribution is -2.57. The van der Waals surface area contributed by atoms with Crippen molar-refractivity contribution in [1.29, 1.82) is 0 Å². The minimum absolute atomic E-state index is 0.213. The molecule has 0 aromatic heterocycles. The topological polar surface area (TPSA) is 73.2 Å². The molecule has 30 heavy (non-hydrogen) atoms. The van der Waals surface area contributed by atoms with Gasteiger partial charge in [-0.15, -0.1) is 0 Å². The smallest absolute Gasteiger partial charge is 0.410 e. The molecule has 2 aromatic rings. The molecule has 2 N–H and O–H groups in total. The highest BCUT2D eigenvalue weighted by molar-refractivity contribution is 5.70. The molecule has 0 aliphatic carbocycles. The number of fused-ring (bicyclic) bond motifs is 1. The van der Waals surface area contributed by atoms with E-state index in [-0.39, 0.29) is 12.4 Å². The molecule has 4 rings (SSSR count). The molecular weight excluding hydrogens is 387 g/mol. The molecule has 1 fully saturated rings. The fourth-order valence-electron chi connectivity index (χ4n) is 4.53. The number of hydrogen-bond acceptors (Lipinski definition) is 5. The second-order valence-electron chi connectivity index (χ2n) is 8.03. The fraction of sp³-hybridized carbons (Fsp3) is 0.435. The zero-order valence-electron chi connectivity index (χ0n) is 16.9. The summed E-state index contributed by atoms with van der Waals surface area (Å²) in [5.74, 6) is -0.337. The summed E-state index contributed by atoms with van der Waals surface area (Å²) >= 11 is 0. The van der Waals surface area contributed by atoms with Crippen LogP contribution in [0.2, 0.25) is 0 Å². The third kappa shape index (κ3) is 3.93. The number of ether oxygens (including phenoxy) is 1. The number of piperidine rings is 1. The van der Waals surface area contributed by atoms with Crippen molar-refractivity contribution in [2.45, 2.75) is 37.1 Å². The van der Waals surface area contributed by atoms with Crippen LogP contribution in [0.5, 0.6) is 0 Å². The van der Waals surface area contributed by atoms with Gasteiger partial charge in [0.2, 0.25) is 0 Å². The molecule has 0 saturated carbocycles. The zero-order valence-corrected chi connectivity index (χ0v) is 16.9. The number of likely N-dealkylation sites (tertiary alicyclic amines) is 1. The number of nitrogens with zero attached hydrogens (tertiary/aromatic N) is 2. The van der Waals surface area contributed by atoms with Crippen LogP contribution in [0, 0.1) is 5.82 Å². The Kier molecular flexibility index (Phi) is 6.04. The van der Waals surface area contributed by atoms with Crippen molar-refractivity contribution < 1.29 is 24.1 Å². The van der Waals surface area contributed by atoms with Crippen LogP contribution in [-0.4, -0.2) is 71.1 Å². The van der Waals surface area contributed by atoms with Gasteiger partial charge in [-0.1, -0.05) is 36.4 Å². The van der Waals surface area contributed by atoms with Crippen LogP contribution in [0.15, 0.2) is 48.5 Å². The number of halogens is 1. The second-order valence-corrected chi connectivity index (χ2v) is 8.03. The van der Waals surface area contributed by atoms with Crippen molar-refractivity contribution in [1.82, 2.24) is 9.80 Å². The van der Waals surface area contributed by atoms with Crippen LogP contribution in [-0.2, 0) is 11.2 Å². The van der Waals surface area contributed by atoms with Crippen molar-refractivity contribution in [3.05, 3.63) is 71.0 Å². The Morgan fingerprint density at radius 2 is 1.90 bits per heavy atom. The Morgan fingerprint density at radius 3 is 2.63 bits per heavy atom. The first-order valence-corrected chi connectivity index (χ1v) is 10.3. The number of hydrogen-bond donors (Lipinski definition) is 2. The predicted octanol–water partition coefficient (Wildman–Crippen LogP) is 2.34. The molecule has 0 bridgehead atoms. The summed E-state index contributed by atoms with van der Waals surface area (Å²) in [5.41, 5.74) is 2.91. The van der Waals surface area contributed by atoms with Gasteiger partial charge in [-0.05, 0) is 48.7 Å². The summed E-state index contributed by atoms with van der Waals surface area (Å²) in [6.07, 6.45) is -1.04. The lowest BCUT2D eigenvalue weighted by molar-refractivity contribution is -0.0944. The van der Waals surface area contributed by atoms with Crippen molar-refractivity contribution in [2.75, 3.05) is 26.7 Å². The number of aliphatic hydroxyl groups is 2. The minimum atomic E-state index is -0.830. The van der Waals surface area contributed by atoms with Gasteiger partial charge >= 0.3 is 6.09 Å². The maximum absolute atomic E-state index is 13.5. The molecule has 160 valence electrons. The van der Waals surface area contributed by atoms with E-state index < -0.39 is 30.4 Å². The molecule has 6 nitrogen and oxygen atoms in total. The molecule has 0 unspecified atom stereocenters. The standard InChI is InChI=1S/C23H27FN2O4/c1-25-12-11-20(28)22(19(25)14-27)30-23(29)26-13-10-15-4-2-3-5-18(15)21(26)16-6-8-17(24)9-7-16/h2-9,19-22,27-28H,10-14H2,1H3/t19-,20-,21-,22-/m0/s1. The van der Waals surface area contributed by atoms with Crippen LogP contribution < -0.4 is 0 Å². The Hall–Kier alpha value is -2.48. The number of rotatable bonds is 3. The van der Waals surface area contributed by atoms with Crippen LogP contribution in [0.1, 0.15) is 29.2 Å². The molecular formula is C23H27FN2O4. The highest BCUT2D eigenvalue weighted by Gasteiger charge is 2.41. The Morgan fingerprint density at radius 1 is 1.17 bits per heavy atom. The SMILES string of the molecule is CN1CC[C@H](O)[C@@H](OC(=O)N2CCc3ccccc3[C@@H]2c2ccc(F)cc2)[C@@H]1CO. The van der Waals surface area contributed by atoms with Crippen LogP contribution >= 0.6 is 0 Å². The number of benzene rings is 2. The Bertz CT molecular complexity index is 891. The molecule has 1 amide bonds. The average molecular weight is 414 g/mol. The molecule has 4 atom stereocenters. The summed E-state index contributed by atoms with van der Waals surface area (Å²) < 4.78 is 19.3. The van der Waals surface area contributed by atoms with Crippen molar-refractivity contribution >= 4 is 6.09 Å². The van der Waals surface area contributed by atoms with Gasteiger partial charge in [0.05, 0.1) is 24.8 Å². The molecule has 7 heteroatoms. The summed E-state index contributed by atoms with van der Waals surface area (Å²) in [6.45, 7) is 0.853. The minimum Gasteiger partial charge on any atom is -0.442 e. The first-order chi connectivity index (χ1) is 14.5. The maximum Gasteiger partial charge on any atom is 0.410 e. The normalized spacial score (nSPS) is 26.9. The van der Waals surface area contributed by atoms with E-state index in [1.165, 1.54) is 12.1 Å².